The summed E-state index contributed by atoms with van der Waals surface area (Å²) in [6.07, 6.45) is 0. The van der Waals surface area contributed by atoms with E-state index in [4.69, 9.17) is 0 Å². The van der Waals surface area contributed by atoms with Crippen molar-refractivity contribution >= 4 is 66.4 Å². The summed E-state index contributed by atoms with van der Waals surface area (Å²) >= 11 is 0. The third kappa shape index (κ3) is 7.59. The first-order chi connectivity index (χ1) is 32.1. The zero-order valence-electron chi connectivity index (χ0n) is 39.7. The molecule has 10 aromatic carbocycles. The summed E-state index contributed by atoms with van der Waals surface area (Å²) < 4.78 is 0. The fraction of sp³-hybridized carbons (Fsp3) is 0.188. The first-order valence-electron chi connectivity index (χ1n) is 24.0. The van der Waals surface area contributed by atoms with E-state index in [-0.39, 0.29) is 11.8 Å². The zero-order valence-corrected chi connectivity index (χ0v) is 39.7. The van der Waals surface area contributed by atoms with Gasteiger partial charge in [0.25, 0.3) is 0 Å². The van der Waals surface area contributed by atoms with Crippen LogP contribution in [0.15, 0.2) is 194 Å². The Morgan fingerprint density at radius 2 is 0.621 bits per heavy atom. The minimum absolute atomic E-state index is 0.278. The summed E-state index contributed by atoms with van der Waals surface area (Å²) in [5.41, 5.74) is 17.1. The molecule has 0 aliphatic rings. The molecule has 0 aromatic heterocycles. The van der Waals surface area contributed by atoms with Gasteiger partial charge in [-0.25, -0.2) is 0 Å². The topological polar surface area (TPSA) is 6.48 Å². The van der Waals surface area contributed by atoms with Crippen LogP contribution in [0.5, 0.6) is 0 Å². The van der Waals surface area contributed by atoms with E-state index in [2.05, 4.69) is 259 Å². The van der Waals surface area contributed by atoms with Gasteiger partial charge in [-0.1, -0.05) is 201 Å². The zero-order chi connectivity index (χ0) is 45.6. The maximum atomic E-state index is 2.53. The van der Waals surface area contributed by atoms with Crippen molar-refractivity contribution in [1.82, 2.24) is 0 Å². The molecule has 0 saturated carbocycles. The lowest BCUT2D eigenvalue weighted by Crippen LogP contribution is -2.14. The van der Waals surface area contributed by atoms with Gasteiger partial charge < -0.3 is 9.80 Å². The molecular formula is C64H60N2. The standard InChI is InChI=1S/C64H60N2/c1-41(2)45-27-31-49(32-28-45)65(59-25-17-15-23-51(59)47-19-11-9-12-20-47)61-39-57(43(5)6)53-36-38-56-62(40-58(44(7)8)54-35-37-55(61)63(53)64(54)56)66(50-33-29-46(30-34-50)42(3)4)60-26-18-16-24-52(60)48-21-13-10-14-22-48/h9-44H,1-8H3. The van der Waals surface area contributed by atoms with E-state index in [1.807, 2.05) is 0 Å². The van der Waals surface area contributed by atoms with Gasteiger partial charge in [-0.15, -0.1) is 0 Å². The van der Waals surface area contributed by atoms with Gasteiger partial charge >= 0.3 is 0 Å². The Hall–Kier alpha value is -7.16. The van der Waals surface area contributed by atoms with E-state index >= 15 is 0 Å². The van der Waals surface area contributed by atoms with Gasteiger partial charge in [0.2, 0.25) is 0 Å². The van der Waals surface area contributed by atoms with Crippen LogP contribution in [0.1, 0.15) is 101 Å². The Morgan fingerprint density at radius 1 is 0.288 bits per heavy atom. The average molecular weight is 857 g/mol. The Morgan fingerprint density at radius 3 is 0.970 bits per heavy atom. The molecule has 0 unspecified atom stereocenters. The van der Waals surface area contributed by atoms with Gasteiger partial charge in [0.1, 0.15) is 0 Å². The highest BCUT2D eigenvalue weighted by molar-refractivity contribution is 6.29. The van der Waals surface area contributed by atoms with Crippen molar-refractivity contribution in [1.29, 1.82) is 0 Å². The largest absolute Gasteiger partial charge is 0.309 e. The quantitative estimate of drug-likeness (QED) is 0.113. The van der Waals surface area contributed by atoms with Crippen LogP contribution in [0, 0.1) is 0 Å². The van der Waals surface area contributed by atoms with E-state index in [0.717, 1.165) is 22.7 Å². The highest BCUT2D eigenvalue weighted by Gasteiger charge is 2.28. The Bertz CT molecular complexity index is 3060. The summed E-state index contributed by atoms with van der Waals surface area (Å²) in [6.45, 7) is 18.5. The minimum atomic E-state index is 0.278. The van der Waals surface area contributed by atoms with Crippen molar-refractivity contribution in [3.05, 3.63) is 216 Å². The van der Waals surface area contributed by atoms with E-state index in [0.29, 0.717) is 11.8 Å². The third-order valence-electron chi connectivity index (χ3n) is 13.7. The maximum Gasteiger partial charge on any atom is 0.0543 e. The van der Waals surface area contributed by atoms with Gasteiger partial charge in [0.05, 0.1) is 22.7 Å². The van der Waals surface area contributed by atoms with Crippen LogP contribution in [0.2, 0.25) is 0 Å². The van der Waals surface area contributed by atoms with Crippen molar-refractivity contribution in [3.63, 3.8) is 0 Å². The molecule has 0 radical (unpaired) electrons. The van der Waals surface area contributed by atoms with Crippen LogP contribution in [0.25, 0.3) is 54.6 Å². The maximum absolute atomic E-state index is 2.53. The van der Waals surface area contributed by atoms with Crippen molar-refractivity contribution in [2.45, 2.75) is 79.1 Å². The average Bonchev–Trinajstić information content (AvgIpc) is 3.34. The summed E-state index contributed by atoms with van der Waals surface area (Å²) in [5, 5.41) is 7.76. The van der Waals surface area contributed by atoms with Crippen molar-refractivity contribution in [2.24, 2.45) is 0 Å². The number of anilines is 6. The summed E-state index contributed by atoms with van der Waals surface area (Å²) in [5.74, 6) is 1.42. The van der Waals surface area contributed by atoms with Crippen LogP contribution < -0.4 is 9.80 Å². The third-order valence-corrected chi connectivity index (χ3v) is 13.7. The minimum Gasteiger partial charge on any atom is -0.309 e. The monoisotopic (exact) mass is 856 g/mol. The first kappa shape index (κ1) is 42.8. The van der Waals surface area contributed by atoms with Crippen molar-refractivity contribution in [3.8, 4) is 22.3 Å². The molecular weight excluding hydrogens is 797 g/mol. The van der Waals surface area contributed by atoms with Gasteiger partial charge in [-0.2, -0.15) is 0 Å². The normalized spacial score (nSPS) is 11.9. The van der Waals surface area contributed by atoms with E-state index in [9.17, 15) is 0 Å². The second-order valence-corrected chi connectivity index (χ2v) is 19.3. The molecule has 0 amide bonds. The molecule has 0 spiro atoms. The highest BCUT2D eigenvalue weighted by Crippen LogP contribution is 2.52. The van der Waals surface area contributed by atoms with Crippen molar-refractivity contribution in [2.75, 3.05) is 9.80 Å². The van der Waals surface area contributed by atoms with Crippen LogP contribution in [-0.4, -0.2) is 0 Å². The first-order valence-corrected chi connectivity index (χ1v) is 24.0. The van der Waals surface area contributed by atoms with Gasteiger partial charge in [0.15, 0.2) is 0 Å². The number of benzene rings is 10. The Balaban J connectivity index is 1.32. The molecule has 66 heavy (non-hydrogen) atoms. The number of hydrogen-bond donors (Lipinski definition) is 0. The van der Waals surface area contributed by atoms with Crippen LogP contribution >= 0.6 is 0 Å². The number of rotatable bonds is 12. The molecule has 326 valence electrons. The number of nitrogens with zero attached hydrogens (tertiary/aromatic N) is 2. The Labute approximate surface area is 392 Å². The molecule has 0 aliphatic carbocycles. The second kappa shape index (κ2) is 17.7. The van der Waals surface area contributed by atoms with Crippen LogP contribution in [0.3, 0.4) is 0 Å². The molecule has 0 saturated heterocycles. The van der Waals surface area contributed by atoms with Gasteiger partial charge in [-0.3, -0.25) is 0 Å². The molecule has 2 nitrogen and oxygen atoms in total. The lowest BCUT2D eigenvalue weighted by atomic mass is 9.83. The molecule has 10 rings (SSSR count). The lowest BCUT2D eigenvalue weighted by molar-refractivity contribution is 0.866. The molecule has 10 aromatic rings. The molecule has 0 fully saturated rings. The van der Waals surface area contributed by atoms with Gasteiger partial charge in [0, 0.05) is 33.3 Å². The Kier molecular flexibility index (Phi) is 11.5. The molecule has 0 N–H and O–H groups in total. The molecule has 0 heterocycles. The van der Waals surface area contributed by atoms with Gasteiger partial charge in [-0.05, 0) is 127 Å². The molecule has 0 bridgehead atoms. The molecule has 0 aliphatic heterocycles. The number of hydrogen-bond acceptors (Lipinski definition) is 2. The fourth-order valence-corrected chi connectivity index (χ4v) is 10.2. The van der Waals surface area contributed by atoms with Crippen LogP contribution in [0.4, 0.5) is 34.1 Å². The lowest BCUT2D eigenvalue weighted by Gasteiger charge is -2.33. The molecule has 2 heteroatoms. The summed E-state index contributed by atoms with van der Waals surface area (Å²) in [7, 11) is 0. The summed E-state index contributed by atoms with van der Waals surface area (Å²) in [6, 6.07) is 72.8. The fourth-order valence-electron chi connectivity index (χ4n) is 10.2. The van der Waals surface area contributed by atoms with Crippen molar-refractivity contribution < 1.29 is 0 Å². The van der Waals surface area contributed by atoms with E-state index < -0.39 is 0 Å². The smallest absolute Gasteiger partial charge is 0.0543 e. The predicted molar refractivity (Wildman–Crippen MR) is 287 cm³/mol. The molecule has 0 atom stereocenters. The second-order valence-electron chi connectivity index (χ2n) is 19.3. The predicted octanol–water partition coefficient (Wildman–Crippen LogP) is 19.4. The summed E-state index contributed by atoms with van der Waals surface area (Å²) in [4.78, 5) is 5.07. The highest BCUT2D eigenvalue weighted by atomic mass is 15.2. The number of para-hydroxylation sites is 2. The SMILES string of the molecule is CC(C)c1ccc(N(c2ccccc2-c2ccccc2)c2cc(C(C)C)c3ccc4c(N(c5ccc(C(C)C)cc5)c5ccccc5-c5ccccc5)cc(C(C)C)c5ccc2c3c54)cc1. The van der Waals surface area contributed by atoms with E-state index in [1.54, 1.807) is 0 Å². The van der Waals surface area contributed by atoms with E-state index in [1.165, 1.54) is 88.2 Å². The van der Waals surface area contributed by atoms with Crippen LogP contribution in [-0.2, 0) is 0 Å².